The second kappa shape index (κ2) is 10.4. The maximum absolute atomic E-state index is 12.4. The standard InChI is InChI=1S/C23H15Cl4N3O3S/c1-11(32-19-7-4-13(24)8-16(19)26)21(31)30-23(34)28-15-5-2-12(3-6-15)22-29-18-10-14(25)9-17(27)20(18)33-22/h2-11H,1H3,(H2,28,30,31,34). The number of thiocarbonyl (C=S) groups is 1. The largest absolute Gasteiger partial charge is 0.479 e. The third-order valence-electron chi connectivity index (χ3n) is 4.60. The Kier molecular flexibility index (Phi) is 7.50. The summed E-state index contributed by atoms with van der Waals surface area (Å²) in [5.41, 5.74) is 2.41. The molecule has 3 aromatic carbocycles. The molecule has 11 heteroatoms. The molecule has 0 aliphatic heterocycles. The van der Waals surface area contributed by atoms with Crippen LogP contribution in [0.3, 0.4) is 0 Å². The van der Waals surface area contributed by atoms with Gasteiger partial charge in [0, 0.05) is 21.3 Å². The summed E-state index contributed by atoms with van der Waals surface area (Å²) in [6.45, 7) is 1.58. The number of fused-ring (bicyclic) bond motifs is 1. The van der Waals surface area contributed by atoms with Crippen LogP contribution < -0.4 is 15.4 Å². The summed E-state index contributed by atoms with van der Waals surface area (Å²) >= 11 is 29.4. The fourth-order valence-corrected chi connectivity index (χ4v) is 4.16. The van der Waals surface area contributed by atoms with Crippen molar-refractivity contribution in [1.82, 2.24) is 10.3 Å². The lowest BCUT2D eigenvalue weighted by Gasteiger charge is -2.16. The Morgan fingerprint density at radius 1 is 1.00 bits per heavy atom. The molecular weight excluding hydrogens is 540 g/mol. The van der Waals surface area contributed by atoms with Gasteiger partial charge in [-0.1, -0.05) is 46.4 Å². The third-order valence-corrected chi connectivity index (χ3v) is 5.84. The van der Waals surface area contributed by atoms with Gasteiger partial charge in [-0.15, -0.1) is 0 Å². The summed E-state index contributed by atoms with van der Waals surface area (Å²) in [4.78, 5) is 16.9. The van der Waals surface area contributed by atoms with E-state index in [1.165, 1.54) is 6.07 Å². The molecule has 1 atom stereocenters. The van der Waals surface area contributed by atoms with Gasteiger partial charge in [-0.25, -0.2) is 4.98 Å². The molecule has 0 spiro atoms. The summed E-state index contributed by atoms with van der Waals surface area (Å²) in [5.74, 6) is 0.293. The first-order chi connectivity index (χ1) is 16.2. The highest BCUT2D eigenvalue weighted by atomic mass is 35.5. The van der Waals surface area contributed by atoms with E-state index in [9.17, 15) is 4.79 Å². The number of hydrogen-bond acceptors (Lipinski definition) is 5. The van der Waals surface area contributed by atoms with Gasteiger partial charge in [0.2, 0.25) is 5.89 Å². The average Bonchev–Trinajstić information content (AvgIpc) is 3.20. The van der Waals surface area contributed by atoms with E-state index in [0.29, 0.717) is 48.5 Å². The number of amides is 1. The molecular formula is C23H15Cl4N3O3S. The molecule has 6 nitrogen and oxygen atoms in total. The monoisotopic (exact) mass is 553 g/mol. The molecule has 0 fully saturated rings. The minimum Gasteiger partial charge on any atom is -0.479 e. The van der Waals surface area contributed by atoms with Crippen LogP contribution in [0.2, 0.25) is 20.1 Å². The molecule has 1 unspecified atom stereocenters. The fourth-order valence-electron chi connectivity index (χ4n) is 2.97. The molecule has 0 aliphatic carbocycles. The van der Waals surface area contributed by atoms with Crippen LogP contribution in [0.4, 0.5) is 5.69 Å². The topological polar surface area (TPSA) is 76.4 Å². The van der Waals surface area contributed by atoms with Gasteiger partial charge in [0.15, 0.2) is 16.8 Å². The first kappa shape index (κ1) is 24.6. The van der Waals surface area contributed by atoms with Gasteiger partial charge >= 0.3 is 0 Å². The van der Waals surface area contributed by atoms with Crippen LogP contribution in [0.15, 0.2) is 59.0 Å². The Labute approximate surface area is 220 Å². The van der Waals surface area contributed by atoms with Crippen molar-refractivity contribution in [3.63, 3.8) is 0 Å². The molecule has 1 amide bonds. The Balaban J connectivity index is 1.37. The number of carbonyl (C=O) groups excluding carboxylic acids is 1. The second-order valence-corrected chi connectivity index (χ2v) is 9.21. The smallest absolute Gasteiger partial charge is 0.266 e. The Morgan fingerprint density at radius 3 is 2.41 bits per heavy atom. The SMILES string of the molecule is CC(Oc1ccc(Cl)cc1Cl)C(=O)NC(=S)Nc1ccc(-c2nc3cc(Cl)cc(Cl)c3o2)cc1. The minimum absolute atomic E-state index is 0.110. The van der Waals surface area contributed by atoms with Crippen molar-refractivity contribution < 1.29 is 13.9 Å². The normalized spacial score (nSPS) is 11.8. The lowest BCUT2D eigenvalue weighted by Crippen LogP contribution is -2.42. The Bertz CT molecular complexity index is 1390. The summed E-state index contributed by atoms with van der Waals surface area (Å²) in [5, 5.41) is 7.27. The van der Waals surface area contributed by atoms with E-state index in [1.807, 2.05) is 0 Å². The molecule has 0 aliphatic rings. The molecule has 4 rings (SSSR count). The number of benzene rings is 3. The van der Waals surface area contributed by atoms with Crippen molar-refractivity contribution in [1.29, 1.82) is 0 Å². The molecule has 0 radical (unpaired) electrons. The maximum atomic E-state index is 12.4. The zero-order valence-corrected chi connectivity index (χ0v) is 21.2. The van der Waals surface area contributed by atoms with E-state index in [2.05, 4.69) is 15.6 Å². The van der Waals surface area contributed by atoms with Crippen molar-refractivity contribution in [2.75, 3.05) is 5.32 Å². The molecule has 174 valence electrons. The second-order valence-electron chi connectivity index (χ2n) is 7.11. The van der Waals surface area contributed by atoms with E-state index in [0.717, 1.165) is 5.56 Å². The first-order valence-electron chi connectivity index (χ1n) is 9.79. The predicted molar refractivity (Wildman–Crippen MR) is 140 cm³/mol. The molecule has 34 heavy (non-hydrogen) atoms. The van der Waals surface area contributed by atoms with Crippen LogP contribution in [0.1, 0.15) is 6.92 Å². The summed E-state index contributed by atoms with van der Waals surface area (Å²) < 4.78 is 11.4. The lowest BCUT2D eigenvalue weighted by molar-refractivity contribution is -0.125. The highest BCUT2D eigenvalue weighted by molar-refractivity contribution is 7.80. The number of ether oxygens (including phenoxy) is 1. The lowest BCUT2D eigenvalue weighted by atomic mass is 10.2. The summed E-state index contributed by atoms with van der Waals surface area (Å²) in [6.07, 6.45) is -0.847. The van der Waals surface area contributed by atoms with Crippen LogP contribution in [-0.2, 0) is 4.79 Å². The molecule has 0 saturated carbocycles. The number of rotatable bonds is 5. The number of halogens is 4. The number of oxazole rings is 1. The zero-order chi connectivity index (χ0) is 24.4. The van der Waals surface area contributed by atoms with Crippen molar-refractivity contribution in [3.8, 4) is 17.2 Å². The van der Waals surface area contributed by atoms with Crippen molar-refractivity contribution in [3.05, 3.63) is 74.7 Å². The molecule has 4 aromatic rings. The quantitative estimate of drug-likeness (QED) is 0.250. The van der Waals surface area contributed by atoms with Crippen molar-refractivity contribution in [2.24, 2.45) is 0 Å². The van der Waals surface area contributed by atoms with Crippen LogP contribution in [-0.4, -0.2) is 22.1 Å². The van der Waals surface area contributed by atoms with Crippen molar-refractivity contribution in [2.45, 2.75) is 13.0 Å². The van der Waals surface area contributed by atoms with Gasteiger partial charge in [0.1, 0.15) is 11.3 Å². The van der Waals surface area contributed by atoms with Crippen LogP contribution >= 0.6 is 58.6 Å². The number of hydrogen-bond donors (Lipinski definition) is 2. The van der Waals surface area contributed by atoms with Gasteiger partial charge in [-0.05, 0) is 73.7 Å². The molecule has 0 bridgehead atoms. The van der Waals surface area contributed by atoms with Gasteiger partial charge in [0.25, 0.3) is 5.91 Å². The number of nitrogens with one attached hydrogen (secondary N) is 2. The van der Waals surface area contributed by atoms with Gasteiger partial charge in [-0.3, -0.25) is 10.1 Å². The molecule has 1 heterocycles. The number of carbonyl (C=O) groups is 1. The highest BCUT2D eigenvalue weighted by Gasteiger charge is 2.18. The van der Waals surface area contributed by atoms with Crippen LogP contribution in [0.25, 0.3) is 22.6 Å². The highest BCUT2D eigenvalue weighted by Crippen LogP contribution is 2.32. The Morgan fingerprint density at radius 2 is 1.71 bits per heavy atom. The van der Waals surface area contributed by atoms with Gasteiger partial charge in [-0.2, -0.15) is 0 Å². The van der Waals surface area contributed by atoms with Crippen molar-refractivity contribution >= 4 is 86.4 Å². The first-order valence-corrected chi connectivity index (χ1v) is 11.7. The molecule has 0 saturated heterocycles. The summed E-state index contributed by atoms with van der Waals surface area (Å²) in [6, 6.07) is 15.1. The number of aromatic nitrogens is 1. The van der Waals surface area contributed by atoms with E-state index in [1.54, 1.807) is 55.5 Å². The molecule has 1 aromatic heterocycles. The molecule has 2 N–H and O–H groups in total. The number of anilines is 1. The number of nitrogens with zero attached hydrogens (tertiary/aromatic N) is 1. The third kappa shape index (κ3) is 5.74. The summed E-state index contributed by atoms with van der Waals surface area (Å²) in [7, 11) is 0. The van der Waals surface area contributed by atoms with Crippen LogP contribution in [0.5, 0.6) is 5.75 Å². The maximum Gasteiger partial charge on any atom is 0.266 e. The van der Waals surface area contributed by atoms with Gasteiger partial charge in [0.05, 0.1) is 10.0 Å². The predicted octanol–water partition coefficient (Wildman–Crippen LogP) is 7.39. The van der Waals surface area contributed by atoms with E-state index >= 15 is 0 Å². The van der Waals surface area contributed by atoms with Crippen LogP contribution in [0, 0.1) is 0 Å². The van der Waals surface area contributed by atoms with E-state index in [4.69, 9.17) is 67.8 Å². The van der Waals surface area contributed by atoms with E-state index in [-0.39, 0.29) is 5.11 Å². The fraction of sp³-hybridized carbons (Fsp3) is 0.0870. The zero-order valence-electron chi connectivity index (χ0n) is 17.4. The Hall–Kier alpha value is -2.55. The van der Waals surface area contributed by atoms with E-state index < -0.39 is 12.0 Å². The average molecular weight is 555 g/mol. The van der Waals surface area contributed by atoms with Gasteiger partial charge < -0.3 is 14.5 Å². The minimum atomic E-state index is -0.847.